The SMILES string of the molecule is Cc1ccc(Cl)cc1NC(=S)NNC(=O)c1ccco1. The predicted molar refractivity (Wildman–Crippen MR) is 81.7 cm³/mol. The maximum Gasteiger partial charge on any atom is 0.305 e. The number of hydrogen-bond donors (Lipinski definition) is 3. The summed E-state index contributed by atoms with van der Waals surface area (Å²) in [7, 11) is 0. The molecule has 0 unspecified atom stereocenters. The zero-order chi connectivity index (χ0) is 14.5. The molecule has 5 nitrogen and oxygen atoms in total. The first-order valence-electron chi connectivity index (χ1n) is 5.73. The molecule has 1 aromatic heterocycles. The number of amides is 1. The molecule has 104 valence electrons. The van der Waals surface area contributed by atoms with Crippen LogP contribution in [0.4, 0.5) is 5.69 Å². The van der Waals surface area contributed by atoms with Crippen LogP contribution in [0.15, 0.2) is 41.0 Å². The first-order valence-corrected chi connectivity index (χ1v) is 6.52. The maximum absolute atomic E-state index is 11.6. The zero-order valence-electron chi connectivity index (χ0n) is 10.6. The Balaban J connectivity index is 1.90. The van der Waals surface area contributed by atoms with Gasteiger partial charge in [-0.25, -0.2) is 0 Å². The van der Waals surface area contributed by atoms with Crippen LogP contribution >= 0.6 is 23.8 Å². The fraction of sp³-hybridized carbons (Fsp3) is 0.0769. The molecule has 3 N–H and O–H groups in total. The van der Waals surface area contributed by atoms with E-state index in [4.69, 9.17) is 28.2 Å². The molecule has 0 spiro atoms. The van der Waals surface area contributed by atoms with Crippen LogP contribution in [0.25, 0.3) is 0 Å². The topological polar surface area (TPSA) is 66.3 Å². The van der Waals surface area contributed by atoms with Gasteiger partial charge in [-0.1, -0.05) is 17.7 Å². The smallest absolute Gasteiger partial charge is 0.305 e. The third-order valence-corrected chi connectivity index (χ3v) is 2.92. The molecule has 0 atom stereocenters. The molecule has 7 heteroatoms. The van der Waals surface area contributed by atoms with Crippen molar-refractivity contribution in [2.24, 2.45) is 0 Å². The van der Waals surface area contributed by atoms with Crippen LogP contribution in [0.2, 0.25) is 5.02 Å². The Morgan fingerprint density at radius 3 is 2.80 bits per heavy atom. The van der Waals surface area contributed by atoms with E-state index in [2.05, 4.69) is 16.2 Å². The molecule has 0 saturated heterocycles. The van der Waals surface area contributed by atoms with Gasteiger partial charge in [0.25, 0.3) is 0 Å². The molecule has 2 rings (SSSR count). The Kier molecular flexibility index (Phi) is 4.60. The summed E-state index contributed by atoms with van der Waals surface area (Å²) in [6.45, 7) is 1.92. The Morgan fingerprint density at radius 2 is 2.10 bits per heavy atom. The van der Waals surface area contributed by atoms with Gasteiger partial charge in [0.2, 0.25) is 0 Å². The van der Waals surface area contributed by atoms with E-state index in [1.807, 2.05) is 13.0 Å². The molecule has 2 aromatic rings. The van der Waals surface area contributed by atoms with E-state index < -0.39 is 5.91 Å². The summed E-state index contributed by atoms with van der Waals surface area (Å²) < 4.78 is 4.95. The largest absolute Gasteiger partial charge is 0.459 e. The standard InChI is InChI=1S/C13H12ClN3O2S/c1-8-4-5-9(14)7-10(8)15-13(20)17-16-12(18)11-3-2-6-19-11/h2-7H,1H3,(H,16,18)(H2,15,17,20). The molecule has 1 amide bonds. The van der Waals surface area contributed by atoms with Crippen molar-refractivity contribution in [3.8, 4) is 0 Å². The zero-order valence-corrected chi connectivity index (χ0v) is 12.1. The Labute approximate surface area is 126 Å². The highest BCUT2D eigenvalue weighted by atomic mass is 35.5. The molecule has 0 aliphatic carbocycles. The normalized spacial score (nSPS) is 9.90. The minimum Gasteiger partial charge on any atom is -0.459 e. The van der Waals surface area contributed by atoms with Gasteiger partial charge in [-0.3, -0.25) is 15.6 Å². The number of nitrogens with one attached hydrogen (secondary N) is 3. The van der Waals surface area contributed by atoms with Crippen LogP contribution < -0.4 is 16.2 Å². The van der Waals surface area contributed by atoms with Crippen LogP contribution in [0.5, 0.6) is 0 Å². The second-order valence-electron chi connectivity index (χ2n) is 3.97. The first kappa shape index (κ1) is 14.4. The van der Waals surface area contributed by atoms with Gasteiger partial charge in [0.15, 0.2) is 10.9 Å². The lowest BCUT2D eigenvalue weighted by Crippen LogP contribution is -2.43. The van der Waals surface area contributed by atoms with E-state index in [1.54, 1.807) is 24.3 Å². The van der Waals surface area contributed by atoms with Crippen molar-refractivity contribution < 1.29 is 9.21 Å². The first-order chi connectivity index (χ1) is 9.56. The Morgan fingerprint density at radius 1 is 1.30 bits per heavy atom. The van der Waals surface area contributed by atoms with Crippen molar-refractivity contribution in [2.45, 2.75) is 6.92 Å². The van der Waals surface area contributed by atoms with Gasteiger partial charge in [-0.05, 0) is 49.0 Å². The summed E-state index contributed by atoms with van der Waals surface area (Å²) in [4.78, 5) is 11.6. The van der Waals surface area contributed by atoms with E-state index in [-0.39, 0.29) is 10.9 Å². The quantitative estimate of drug-likeness (QED) is 0.588. The molecular formula is C13H12ClN3O2S. The molecule has 1 heterocycles. The number of furan rings is 1. The monoisotopic (exact) mass is 309 g/mol. The average molecular weight is 310 g/mol. The van der Waals surface area contributed by atoms with Gasteiger partial charge in [0, 0.05) is 10.7 Å². The summed E-state index contributed by atoms with van der Waals surface area (Å²) >= 11 is 11.0. The summed E-state index contributed by atoms with van der Waals surface area (Å²) in [5.74, 6) is -0.221. The summed E-state index contributed by atoms with van der Waals surface area (Å²) in [5.41, 5.74) is 6.75. The van der Waals surface area contributed by atoms with Crippen molar-refractivity contribution in [3.05, 3.63) is 52.9 Å². The van der Waals surface area contributed by atoms with Gasteiger partial charge in [0.05, 0.1) is 6.26 Å². The lowest BCUT2D eigenvalue weighted by molar-refractivity contribution is 0.0916. The molecule has 1 aromatic carbocycles. The van der Waals surface area contributed by atoms with Crippen molar-refractivity contribution >= 4 is 40.5 Å². The minimum atomic E-state index is -0.415. The number of hydrazine groups is 1. The number of carbonyl (C=O) groups excluding carboxylic acids is 1. The summed E-state index contributed by atoms with van der Waals surface area (Å²) in [5, 5.41) is 3.79. The van der Waals surface area contributed by atoms with E-state index in [0.717, 1.165) is 11.3 Å². The number of thiocarbonyl (C=S) groups is 1. The van der Waals surface area contributed by atoms with Crippen LogP contribution in [-0.4, -0.2) is 11.0 Å². The Bertz CT molecular complexity index is 629. The number of carbonyl (C=O) groups is 1. The minimum absolute atomic E-state index is 0.194. The van der Waals surface area contributed by atoms with Gasteiger partial charge >= 0.3 is 5.91 Å². The number of aryl methyl sites for hydroxylation is 1. The molecule has 20 heavy (non-hydrogen) atoms. The number of hydrogen-bond acceptors (Lipinski definition) is 3. The highest BCUT2D eigenvalue weighted by Gasteiger charge is 2.08. The fourth-order valence-electron chi connectivity index (χ4n) is 1.47. The number of anilines is 1. The molecular weight excluding hydrogens is 298 g/mol. The van der Waals surface area contributed by atoms with Gasteiger partial charge in [-0.2, -0.15) is 0 Å². The van der Waals surface area contributed by atoms with Crippen molar-refractivity contribution in [1.29, 1.82) is 0 Å². The van der Waals surface area contributed by atoms with Crippen LogP contribution in [0.3, 0.4) is 0 Å². The van der Waals surface area contributed by atoms with E-state index in [9.17, 15) is 4.79 Å². The highest BCUT2D eigenvalue weighted by Crippen LogP contribution is 2.19. The lowest BCUT2D eigenvalue weighted by Gasteiger charge is -2.12. The highest BCUT2D eigenvalue weighted by molar-refractivity contribution is 7.80. The van der Waals surface area contributed by atoms with E-state index in [1.165, 1.54) is 6.26 Å². The molecule has 0 saturated carbocycles. The molecule has 0 aliphatic rings. The van der Waals surface area contributed by atoms with Crippen LogP contribution in [-0.2, 0) is 0 Å². The molecule has 0 radical (unpaired) electrons. The van der Waals surface area contributed by atoms with Crippen molar-refractivity contribution in [2.75, 3.05) is 5.32 Å². The predicted octanol–water partition coefficient (Wildman–Crippen LogP) is 2.87. The second-order valence-corrected chi connectivity index (χ2v) is 4.81. The maximum atomic E-state index is 11.6. The average Bonchev–Trinajstić information content (AvgIpc) is 2.94. The fourth-order valence-corrected chi connectivity index (χ4v) is 1.80. The number of benzene rings is 1. The third-order valence-electron chi connectivity index (χ3n) is 2.48. The van der Waals surface area contributed by atoms with Gasteiger partial charge in [-0.15, -0.1) is 0 Å². The number of rotatable bonds is 2. The van der Waals surface area contributed by atoms with E-state index >= 15 is 0 Å². The van der Waals surface area contributed by atoms with Gasteiger partial charge < -0.3 is 9.73 Å². The lowest BCUT2D eigenvalue weighted by atomic mass is 10.2. The molecule has 0 aliphatic heterocycles. The van der Waals surface area contributed by atoms with Crippen LogP contribution in [0, 0.1) is 6.92 Å². The van der Waals surface area contributed by atoms with Crippen molar-refractivity contribution in [3.63, 3.8) is 0 Å². The number of halogens is 1. The second kappa shape index (κ2) is 6.40. The Hall–Kier alpha value is -2.05. The molecule has 0 fully saturated rings. The summed E-state index contributed by atoms with van der Waals surface area (Å²) in [6.07, 6.45) is 1.42. The summed E-state index contributed by atoms with van der Waals surface area (Å²) in [6, 6.07) is 8.58. The van der Waals surface area contributed by atoms with Crippen molar-refractivity contribution in [1.82, 2.24) is 10.9 Å². The third kappa shape index (κ3) is 3.72. The van der Waals surface area contributed by atoms with E-state index in [0.29, 0.717) is 5.02 Å². The van der Waals surface area contributed by atoms with Gasteiger partial charge in [0.1, 0.15) is 0 Å². The molecule has 0 bridgehead atoms. The van der Waals surface area contributed by atoms with Crippen LogP contribution in [0.1, 0.15) is 16.1 Å².